The third-order valence-corrected chi connectivity index (χ3v) is 9.32. The first-order valence-corrected chi connectivity index (χ1v) is 17.0. The molecule has 266 valence electrons. The summed E-state index contributed by atoms with van der Waals surface area (Å²) in [4.78, 5) is 56.0. The van der Waals surface area contributed by atoms with E-state index in [4.69, 9.17) is 0 Å². The van der Waals surface area contributed by atoms with Crippen LogP contribution < -0.4 is 21.3 Å². The average molecular weight is 713 g/mol. The number of nitrogens with one attached hydrogen (secondary N) is 2. The molecule has 0 unspecified atom stereocenters. The third-order valence-electron chi connectivity index (χ3n) is 9.32. The predicted octanol–water partition coefficient (Wildman–Crippen LogP) is 3.64. The summed E-state index contributed by atoms with van der Waals surface area (Å²) >= 11 is 0. The van der Waals surface area contributed by atoms with Gasteiger partial charge in [-0.3, -0.25) is 14.4 Å². The van der Waals surface area contributed by atoms with Crippen molar-refractivity contribution in [3.63, 3.8) is 0 Å². The summed E-state index contributed by atoms with van der Waals surface area (Å²) in [6.45, 7) is 1.78. The number of nitrogens with zero attached hydrogens (tertiary/aromatic N) is 8. The number of aromatic amines is 1. The molecule has 4 aromatic heterocycles. The molecule has 5 heterocycles. The summed E-state index contributed by atoms with van der Waals surface area (Å²) in [6.07, 6.45) is 3.40. The molecule has 3 aromatic carbocycles. The molecule has 1 saturated heterocycles. The highest BCUT2D eigenvalue weighted by Crippen LogP contribution is 2.24. The summed E-state index contributed by atoms with van der Waals surface area (Å²) in [5.41, 5.74) is 2.77. The van der Waals surface area contributed by atoms with Crippen LogP contribution in [0.25, 0.3) is 27.6 Å². The number of H-pyrrole nitrogens is 1. The molecule has 1 aliphatic rings. The number of carbonyl (C=O) groups excluding carboxylic acids is 1. The highest BCUT2D eigenvalue weighted by molar-refractivity contribution is 5.95. The quantitative estimate of drug-likeness (QED) is 0.201. The number of carbonyl (C=O) groups is 1. The van der Waals surface area contributed by atoms with Gasteiger partial charge in [0, 0.05) is 61.8 Å². The van der Waals surface area contributed by atoms with Crippen LogP contribution in [-0.2, 0) is 13.0 Å². The van der Waals surface area contributed by atoms with Crippen molar-refractivity contribution in [3.05, 3.63) is 141 Å². The molecule has 0 atom stereocenters. The van der Waals surface area contributed by atoms with Crippen LogP contribution in [-0.4, -0.2) is 83.2 Å². The number of amides is 1. The van der Waals surface area contributed by atoms with Crippen molar-refractivity contribution < 1.29 is 14.3 Å². The zero-order valence-electron chi connectivity index (χ0n) is 28.3. The van der Waals surface area contributed by atoms with Crippen LogP contribution in [0.15, 0.2) is 107 Å². The molecule has 0 spiro atoms. The Balaban J connectivity index is 0.934. The highest BCUT2D eigenvalue weighted by Gasteiger charge is 2.25. The lowest BCUT2D eigenvalue weighted by molar-refractivity contribution is 0.0742. The van der Waals surface area contributed by atoms with E-state index in [9.17, 15) is 19.5 Å². The lowest BCUT2D eigenvalue weighted by Gasteiger charge is -2.36. The van der Waals surface area contributed by atoms with Gasteiger partial charge in [0.25, 0.3) is 17.0 Å². The van der Waals surface area contributed by atoms with Gasteiger partial charge in [-0.2, -0.15) is 10.1 Å². The van der Waals surface area contributed by atoms with Crippen LogP contribution >= 0.6 is 0 Å². The number of anilines is 3. The fourth-order valence-corrected chi connectivity index (χ4v) is 6.67. The third kappa shape index (κ3) is 6.49. The number of piperazine rings is 1. The van der Waals surface area contributed by atoms with Gasteiger partial charge in [0.15, 0.2) is 11.5 Å². The predicted molar refractivity (Wildman–Crippen MR) is 197 cm³/mol. The maximum atomic E-state index is 15.0. The first-order valence-electron chi connectivity index (χ1n) is 17.0. The fourth-order valence-electron chi connectivity index (χ4n) is 6.67. The molecule has 3 N–H and O–H groups in total. The van der Waals surface area contributed by atoms with Gasteiger partial charge in [-0.05, 0) is 60.2 Å². The molecule has 0 radical (unpaired) electrons. The van der Waals surface area contributed by atoms with Crippen LogP contribution in [0.3, 0.4) is 0 Å². The minimum Gasteiger partial charge on any atom is -0.394 e. The number of halogens is 1. The van der Waals surface area contributed by atoms with Crippen molar-refractivity contribution in [1.82, 2.24) is 39.4 Å². The molecule has 15 heteroatoms. The Hall–Kier alpha value is -6.74. The zero-order chi connectivity index (χ0) is 36.5. The van der Waals surface area contributed by atoms with E-state index >= 15 is 4.39 Å². The number of pyridine rings is 1. The Labute approximate surface area is 300 Å². The van der Waals surface area contributed by atoms with Crippen LogP contribution in [0.1, 0.15) is 21.6 Å². The first kappa shape index (κ1) is 33.4. The lowest BCUT2D eigenvalue weighted by Crippen LogP contribution is -2.49. The van der Waals surface area contributed by atoms with E-state index in [-0.39, 0.29) is 41.7 Å². The number of hydrogen-bond acceptors (Lipinski definition) is 10. The van der Waals surface area contributed by atoms with Crippen molar-refractivity contribution in [2.45, 2.75) is 13.0 Å². The van der Waals surface area contributed by atoms with Crippen molar-refractivity contribution in [2.24, 2.45) is 0 Å². The second-order valence-corrected chi connectivity index (χ2v) is 12.6. The van der Waals surface area contributed by atoms with E-state index in [0.717, 1.165) is 11.4 Å². The SMILES string of the molecule is O=C(c1cc(Cc2n[nH]c(=O)c3ccccc23)ccc1F)N1CCN(c2ccc(Nc3ncc4c(=O)n(CCO)n(-c5ccccn5)c4n3)cc2)CC1. The Kier molecular flexibility index (Phi) is 8.90. The summed E-state index contributed by atoms with van der Waals surface area (Å²) in [7, 11) is 0. The van der Waals surface area contributed by atoms with E-state index in [1.165, 1.54) is 16.9 Å². The fraction of sp³-hybridized carbons (Fsp3) is 0.184. The zero-order valence-corrected chi connectivity index (χ0v) is 28.3. The number of aliphatic hydroxyl groups is 1. The molecule has 8 rings (SSSR count). The maximum absolute atomic E-state index is 15.0. The van der Waals surface area contributed by atoms with E-state index in [2.05, 4.69) is 35.4 Å². The molecule has 0 saturated carbocycles. The summed E-state index contributed by atoms with van der Waals surface area (Å²) < 4.78 is 18.0. The van der Waals surface area contributed by atoms with Crippen molar-refractivity contribution in [1.29, 1.82) is 0 Å². The van der Waals surface area contributed by atoms with Crippen LogP contribution in [0.4, 0.5) is 21.7 Å². The molecule has 1 amide bonds. The lowest BCUT2D eigenvalue weighted by atomic mass is 10.0. The van der Waals surface area contributed by atoms with Crippen molar-refractivity contribution in [3.8, 4) is 5.82 Å². The second-order valence-electron chi connectivity index (χ2n) is 12.6. The van der Waals surface area contributed by atoms with E-state index < -0.39 is 5.82 Å². The molecule has 1 aliphatic heterocycles. The summed E-state index contributed by atoms with van der Waals surface area (Å²) in [5.74, 6) is -0.200. The number of benzene rings is 3. The minimum atomic E-state index is -0.588. The maximum Gasteiger partial charge on any atom is 0.278 e. The van der Waals surface area contributed by atoms with Gasteiger partial charge in [-0.25, -0.2) is 28.8 Å². The topological polar surface area (TPSA) is 167 Å². The normalized spacial score (nSPS) is 13.2. The molecule has 14 nitrogen and oxygen atoms in total. The number of rotatable bonds is 9. The van der Waals surface area contributed by atoms with Crippen LogP contribution in [0.5, 0.6) is 0 Å². The van der Waals surface area contributed by atoms with E-state index in [1.807, 2.05) is 36.4 Å². The monoisotopic (exact) mass is 712 g/mol. The number of aliphatic hydroxyl groups excluding tert-OH is 1. The minimum absolute atomic E-state index is 0.00232. The number of fused-ring (bicyclic) bond motifs is 2. The van der Waals surface area contributed by atoms with Crippen molar-refractivity contribution >= 4 is 45.0 Å². The molecule has 53 heavy (non-hydrogen) atoms. The van der Waals surface area contributed by atoms with Gasteiger partial charge < -0.3 is 20.2 Å². The van der Waals surface area contributed by atoms with Gasteiger partial charge in [-0.15, -0.1) is 0 Å². The molecular formula is C38H33FN10O4. The van der Waals surface area contributed by atoms with Gasteiger partial charge >= 0.3 is 0 Å². The Morgan fingerprint density at radius 1 is 0.887 bits per heavy atom. The molecule has 0 aliphatic carbocycles. The van der Waals surface area contributed by atoms with Crippen LogP contribution in [0, 0.1) is 5.82 Å². The van der Waals surface area contributed by atoms with Gasteiger partial charge in [-0.1, -0.05) is 30.3 Å². The molecular weight excluding hydrogens is 679 g/mol. The van der Waals surface area contributed by atoms with Crippen LogP contribution in [0.2, 0.25) is 0 Å². The summed E-state index contributed by atoms with van der Waals surface area (Å²) in [5, 5.41) is 21.1. The van der Waals surface area contributed by atoms with E-state index in [0.29, 0.717) is 71.5 Å². The highest BCUT2D eigenvalue weighted by atomic mass is 19.1. The standard InChI is InChI=1S/C38H33FN10O4/c39-31-13-8-24(22-32-27-5-1-2-6-28(27)35(51)45-44-32)21-29(31)36(52)47-17-15-46(16-18-47)26-11-9-25(10-12-26)42-38-41-23-30-34(43-38)49(33-7-3-4-14-40-33)48(19-20-50)37(30)53/h1-14,21,23,50H,15-20,22H2,(H,45,51)(H,41,42,43). The Bertz CT molecular complexity index is 2580. The average Bonchev–Trinajstić information content (AvgIpc) is 3.47. The first-order chi connectivity index (χ1) is 25.9. The molecule has 1 fully saturated rings. The van der Waals surface area contributed by atoms with E-state index in [1.54, 1.807) is 58.2 Å². The number of aromatic nitrogens is 7. The Morgan fingerprint density at radius 2 is 1.66 bits per heavy atom. The van der Waals surface area contributed by atoms with Crippen molar-refractivity contribution in [2.75, 3.05) is 43.0 Å². The largest absolute Gasteiger partial charge is 0.394 e. The molecule has 0 bridgehead atoms. The smallest absolute Gasteiger partial charge is 0.278 e. The summed E-state index contributed by atoms with van der Waals surface area (Å²) in [6, 6.07) is 24.7. The van der Waals surface area contributed by atoms with Gasteiger partial charge in [0.2, 0.25) is 5.95 Å². The second kappa shape index (κ2) is 14.1. The van der Waals surface area contributed by atoms with Gasteiger partial charge in [0.05, 0.1) is 29.8 Å². The number of hydrogen-bond donors (Lipinski definition) is 3. The Morgan fingerprint density at radius 3 is 2.42 bits per heavy atom. The van der Waals surface area contributed by atoms with Gasteiger partial charge in [0.1, 0.15) is 11.2 Å². The molecule has 7 aromatic rings.